The molecule has 0 saturated heterocycles. The van der Waals surface area contributed by atoms with Crippen LogP contribution in [0.2, 0.25) is 0 Å². The summed E-state index contributed by atoms with van der Waals surface area (Å²) in [5.41, 5.74) is 0. The van der Waals surface area contributed by atoms with Crippen molar-refractivity contribution in [1.29, 1.82) is 0 Å². The van der Waals surface area contributed by atoms with Gasteiger partial charge in [0.1, 0.15) is 5.76 Å². The van der Waals surface area contributed by atoms with Gasteiger partial charge in [-0.05, 0) is 19.8 Å². The van der Waals surface area contributed by atoms with Crippen LogP contribution in [0, 0.1) is 6.92 Å². The third kappa shape index (κ3) is 6.42. The van der Waals surface area contributed by atoms with E-state index < -0.39 is 0 Å². The molecule has 0 aliphatic carbocycles. The summed E-state index contributed by atoms with van der Waals surface area (Å²) >= 11 is 0. The molecule has 0 fully saturated rings. The first-order chi connectivity index (χ1) is 10.1. The molecule has 6 nitrogen and oxygen atoms in total. The molecule has 1 N–H and O–H groups in total. The monoisotopic (exact) mass is 295 g/mol. The topological polar surface area (TPSA) is 75.4 Å². The van der Waals surface area contributed by atoms with Gasteiger partial charge in [0.05, 0.1) is 6.54 Å². The highest BCUT2D eigenvalue weighted by Gasteiger charge is 2.17. The molecule has 6 heteroatoms. The van der Waals surface area contributed by atoms with E-state index in [1.165, 1.54) is 0 Å². The molecule has 118 valence electrons. The number of hydrogen-bond donors (Lipinski definition) is 1. The maximum Gasteiger partial charge on any atom is 0.245 e. The molecule has 1 aromatic rings. The molecule has 0 aromatic carbocycles. The summed E-state index contributed by atoms with van der Waals surface area (Å²) in [4.78, 5) is 25.7. The van der Waals surface area contributed by atoms with Crippen molar-refractivity contribution < 1.29 is 14.1 Å². The molecule has 21 heavy (non-hydrogen) atoms. The number of aryl methyl sites for hydroxylation is 1. The highest BCUT2D eigenvalue weighted by Crippen LogP contribution is 2.08. The van der Waals surface area contributed by atoms with Crippen LogP contribution in [-0.4, -0.2) is 35.0 Å². The Labute approximate surface area is 125 Å². The number of carbonyl (C=O) groups is 2. The van der Waals surface area contributed by atoms with E-state index in [-0.39, 0.29) is 18.4 Å². The number of anilines is 1. The van der Waals surface area contributed by atoms with Gasteiger partial charge in [-0.1, -0.05) is 31.8 Å². The largest absolute Gasteiger partial charge is 0.360 e. The van der Waals surface area contributed by atoms with Gasteiger partial charge in [0.25, 0.3) is 0 Å². The Kier molecular flexibility index (Phi) is 7.50. The third-order valence-electron chi connectivity index (χ3n) is 3.11. The van der Waals surface area contributed by atoms with Crippen molar-refractivity contribution in [1.82, 2.24) is 10.1 Å². The number of amides is 2. The zero-order valence-electron chi connectivity index (χ0n) is 13.1. The van der Waals surface area contributed by atoms with Gasteiger partial charge in [0.2, 0.25) is 11.8 Å². The van der Waals surface area contributed by atoms with Crippen molar-refractivity contribution >= 4 is 17.6 Å². The Hall–Kier alpha value is -1.85. The van der Waals surface area contributed by atoms with Gasteiger partial charge in [0, 0.05) is 19.0 Å². The molecule has 1 rings (SSSR count). The first-order valence-corrected chi connectivity index (χ1v) is 7.57. The van der Waals surface area contributed by atoms with Crippen LogP contribution in [0.15, 0.2) is 10.6 Å². The van der Waals surface area contributed by atoms with E-state index in [1.54, 1.807) is 17.9 Å². The highest BCUT2D eigenvalue weighted by molar-refractivity contribution is 5.93. The summed E-state index contributed by atoms with van der Waals surface area (Å²) in [7, 11) is 0. The summed E-state index contributed by atoms with van der Waals surface area (Å²) in [6.07, 6.45) is 4.20. The quantitative estimate of drug-likeness (QED) is 0.760. The molecule has 0 spiro atoms. The first kappa shape index (κ1) is 17.2. The Morgan fingerprint density at radius 1 is 1.29 bits per heavy atom. The minimum Gasteiger partial charge on any atom is -0.360 e. The maximum absolute atomic E-state index is 12.1. The van der Waals surface area contributed by atoms with E-state index in [4.69, 9.17) is 4.52 Å². The van der Waals surface area contributed by atoms with E-state index >= 15 is 0 Å². The van der Waals surface area contributed by atoms with Crippen molar-refractivity contribution in [3.63, 3.8) is 0 Å². The van der Waals surface area contributed by atoms with E-state index in [2.05, 4.69) is 17.4 Å². The molecule has 1 aromatic heterocycles. The van der Waals surface area contributed by atoms with E-state index in [0.29, 0.717) is 24.5 Å². The molecule has 0 atom stereocenters. The molecule has 0 unspecified atom stereocenters. The maximum atomic E-state index is 12.1. The normalized spacial score (nSPS) is 10.4. The van der Waals surface area contributed by atoms with Gasteiger partial charge in [-0.3, -0.25) is 9.59 Å². The van der Waals surface area contributed by atoms with E-state index in [0.717, 1.165) is 25.7 Å². The van der Waals surface area contributed by atoms with Gasteiger partial charge in [0.15, 0.2) is 5.82 Å². The molecule has 0 saturated carbocycles. The second-order valence-corrected chi connectivity index (χ2v) is 5.14. The third-order valence-corrected chi connectivity index (χ3v) is 3.11. The van der Waals surface area contributed by atoms with Crippen molar-refractivity contribution in [2.45, 2.75) is 52.9 Å². The first-order valence-electron chi connectivity index (χ1n) is 7.57. The summed E-state index contributed by atoms with van der Waals surface area (Å²) in [5, 5.41) is 6.35. The number of rotatable bonds is 9. The lowest BCUT2D eigenvalue weighted by Crippen LogP contribution is -2.38. The number of carbonyl (C=O) groups excluding carboxylic acids is 2. The standard InChI is InChI=1S/C15H25N3O3/c1-4-6-8-15(20)18(9-7-5-2)11-14(19)16-13-10-12(3)21-17-13/h10H,4-9,11H2,1-3H3,(H,16,17,19). The summed E-state index contributed by atoms with van der Waals surface area (Å²) in [5.74, 6) is 0.808. The molecule has 0 radical (unpaired) electrons. The highest BCUT2D eigenvalue weighted by atomic mass is 16.5. The zero-order valence-corrected chi connectivity index (χ0v) is 13.1. The fraction of sp³-hybridized carbons (Fsp3) is 0.667. The van der Waals surface area contributed by atoms with Crippen LogP contribution in [0.3, 0.4) is 0 Å². The molecule has 0 aliphatic rings. The Bertz CT molecular complexity index is 457. The van der Waals surface area contributed by atoms with Gasteiger partial charge in [-0.15, -0.1) is 0 Å². The average molecular weight is 295 g/mol. The molecular formula is C15H25N3O3. The number of nitrogens with zero attached hydrogens (tertiary/aromatic N) is 2. The van der Waals surface area contributed by atoms with Crippen molar-refractivity contribution in [3.05, 3.63) is 11.8 Å². The Balaban J connectivity index is 2.53. The van der Waals surface area contributed by atoms with Crippen molar-refractivity contribution in [2.75, 3.05) is 18.4 Å². The lowest BCUT2D eigenvalue weighted by Gasteiger charge is -2.21. The smallest absolute Gasteiger partial charge is 0.245 e. The predicted molar refractivity (Wildman–Crippen MR) is 80.9 cm³/mol. The van der Waals surface area contributed by atoms with Gasteiger partial charge < -0.3 is 14.7 Å². The minimum absolute atomic E-state index is 0.0387. The second-order valence-electron chi connectivity index (χ2n) is 5.14. The molecule has 2 amide bonds. The molecular weight excluding hydrogens is 270 g/mol. The molecule has 1 heterocycles. The summed E-state index contributed by atoms with van der Waals surface area (Å²) < 4.78 is 4.89. The number of hydrogen-bond acceptors (Lipinski definition) is 4. The lowest BCUT2D eigenvalue weighted by molar-refractivity contribution is -0.134. The average Bonchev–Trinajstić information content (AvgIpc) is 2.85. The predicted octanol–water partition coefficient (Wildman–Crippen LogP) is 2.74. The minimum atomic E-state index is -0.246. The van der Waals surface area contributed by atoms with Gasteiger partial charge >= 0.3 is 0 Å². The van der Waals surface area contributed by atoms with Gasteiger partial charge in [-0.2, -0.15) is 0 Å². The van der Waals surface area contributed by atoms with Crippen LogP contribution in [0.1, 0.15) is 51.7 Å². The van der Waals surface area contributed by atoms with Crippen LogP contribution in [0.4, 0.5) is 5.82 Å². The van der Waals surface area contributed by atoms with Crippen LogP contribution in [-0.2, 0) is 9.59 Å². The number of nitrogens with one attached hydrogen (secondary N) is 1. The molecule has 0 bridgehead atoms. The second kappa shape index (κ2) is 9.15. The fourth-order valence-electron chi connectivity index (χ4n) is 1.91. The van der Waals surface area contributed by atoms with Gasteiger partial charge in [-0.25, -0.2) is 0 Å². The Morgan fingerprint density at radius 3 is 2.57 bits per heavy atom. The summed E-state index contributed by atoms with van der Waals surface area (Å²) in [6.45, 7) is 6.54. The van der Waals surface area contributed by atoms with Crippen LogP contribution >= 0.6 is 0 Å². The SMILES string of the molecule is CCCCC(=O)N(CCCC)CC(=O)Nc1cc(C)on1. The van der Waals surface area contributed by atoms with Crippen molar-refractivity contribution in [2.24, 2.45) is 0 Å². The van der Waals surface area contributed by atoms with Crippen LogP contribution < -0.4 is 5.32 Å². The molecule has 0 aliphatic heterocycles. The zero-order chi connectivity index (χ0) is 15.7. The summed E-state index contributed by atoms with van der Waals surface area (Å²) in [6, 6.07) is 1.65. The number of unbranched alkanes of at least 4 members (excludes halogenated alkanes) is 2. The van der Waals surface area contributed by atoms with Crippen molar-refractivity contribution in [3.8, 4) is 0 Å². The van der Waals surface area contributed by atoms with E-state index in [9.17, 15) is 9.59 Å². The Morgan fingerprint density at radius 2 is 2.00 bits per heavy atom. The lowest BCUT2D eigenvalue weighted by atomic mass is 10.2. The number of aromatic nitrogens is 1. The van der Waals surface area contributed by atoms with Crippen LogP contribution in [0.5, 0.6) is 0 Å². The fourth-order valence-corrected chi connectivity index (χ4v) is 1.91. The van der Waals surface area contributed by atoms with E-state index in [1.807, 2.05) is 6.92 Å². The van der Waals surface area contributed by atoms with Crippen LogP contribution in [0.25, 0.3) is 0 Å².